The van der Waals surface area contributed by atoms with Gasteiger partial charge in [-0.1, -0.05) is 48.5 Å². The van der Waals surface area contributed by atoms with Crippen LogP contribution in [0.15, 0.2) is 103 Å². The zero-order chi connectivity index (χ0) is 31.2. The largest absolute Gasteiger partial charge is 0.496 e. The number of carbonyl (C=O) groups excluding carboxylic acids is 2. The van der Waals surface area contributed by atoms with E-state index in [2.05, 4.69) is 15.6 Å². The molecule has 1 aliphatic rings. The summed E-state index contributed by atoms with van der Waals surface area (Å²) in [6, 6.07) is 27.4. The van der Waals surface area contributed by atoms with Gasteiger partial charge in [0.15, 0.2) is 11.5 Å². The second-order valence-corrected chi connectivity index (χ2v) is 10.1. The molecule has 5 aromatic rings. The number of nitrogens with zero attached hydrogens (tertiary/aromatic N) is 1. The molecule has 0 fully saturated rings. The lowest BCUT2D eigenvalue weighted by molar-refractivity contribution is 0.0939. The van der Waals surface area contributed by atoms with Crippen LogP contribution in [-0.4, -0.2) is 30.7 Å². The molecule has 0 radical (unpaired) electrons. The molecule has 9 nitrogen and oxygen atoms in total. The van der Waals surface area contributed by atoms with Gasteiger partial charge in [-0.2, -0.15) is 0 Å². The van der Waals surface area contributed by atoms with Crippen LogP contribution < -0.4 is 29.6 Å². The van der Waals surface area contributed by atoms with Crippen molar-refractivity contribution in [3.05, 3.63) is 131 Å². The quantitative estimate of drug-likeness (QED) is 0.193. The van der Waals surface area contributed by atoms with E-state index in [4.69, 9.17) is 18.9 Å². The molecule has 6 rings (SSSR count). The number of methoxy groups -OCH3 is 1. The van der Waals surface area contributed by atoms with Gasteiger partial charge in [0.1, 0.15) is 22.9 Å². The van der Waals surface area contributed by atoms with E-state index in [-0.39, 0.29) is 43.1 Å². The van der Waals surface area contributed by atoms with Crippen LogP contribution in [0.5, 0.6) is 28.9 Å². The maximum atomic E-state index is 15.1. The predicted molar refractivity (Wildman–Crippen MR) is 164 cm³/mol. The van der Waals surface area contributed by atoms with Crippen LogP contribution >= 0.6 is 0 Å². The molecule has 1 aromatic heterocycles. The summed E-state index contributed by atoms with van der Waals surface area (Å²) in [5.41, 5.74) is 3.23. The summed E-state index contributed by atoms with van der Waals surface area (Å²) < 4.78 is 36.9. The summed E-state index contributed by atoms with van der Waals surface area (Å²) in [6.07, 6.45) is 1.54. The van der Waals surface area contributed by atoms with Gasteiger partial charge in [0.05, 0.1) is 12.7 Å². The van der Waals surface area contributed by atoms with Crippen molar-refractivity contribution >= 4 is 11.8 Å². The number of halogens is 1. The van der Waals surface area contributed by atoms with Gasteiger partial charge in [-0.15, -0.1) is 0 Å². The van der Waals surface area contributed by atoms with E-state index in [1.54, 1.807) is 85.1 Å². The first-order chi connectivity index (χ1) is 22.0. The highest BCUT2D eigenvalue weighted by molar-refractivity contribution is 5.97. The third-order valence-electron chi connectivity index (χ3n) is 7.13. The minimum Gasteiger partial charge on any atom is -0.496 e. The van der Waals surface area contributed by atoms with Crippen LogP contribution in [0.3, 0.4) is 0 Å². The fourth-order valence-electron chi connectivity index (χ4n) is 4.79. The van der Waals surface area contributed by atoms with E-state index in [9.17, 15) is 9.59 Å². The fraction of sp³-hybridized carbons (Fsp3) is 0.114. The van der Waals surface area contributed by atoms with Crippen molar-refractivity contribution in [2.45, 2.75) is 13.1 Å². The first-order valence-corrected chi connectivity index (χ1v) is 14.1. The van der Waals surface area contributed by atoms with E-state index in [1.807, 2.05) is 12.1 Å². The van der Waals surface area contributed by atoms with E-state index in [0.29, 0.717) is 45.3 Å². The van der Waals surface area contributed by atoms with E-state index >= 15 is 4.39 Å². The molecule has 45 heavy (non-hydrogen) atoms. The molecule has 0 bridgehead atoms. The highest BCUT2D eigenvalue weighted by Gasteiger charge is 2.18. The third kappa shape index (κ3) is 6.70. The third-order valence-corrected chi connectivity index (χ3v) is 7.13. The molecule has 2 N–H and O–H groups in total. The average molecular weight is 606 g/mol. The molecule has 0 spiro atoms. The van der Waals surface area contributed by atoms with E-state index < -0.39 is 5.82 Å². The first-order valence-electron chi connectivity index (χ1n) is 14.1. The molecule has 226 valence electrons. The van der Waals surface area contributed by atoms with Crippen molar-refractivity contribution in [3.63, 3.8) is 0 Å². The molecule has 1 aliphatic heterocycles. The van der Waals surface area contributed by atoms with E-state index in [1.165, 1.54) is 13.2 Å². The molecule has 2 heterocycles. The highest BCUT2D eigenvalue weighted by Crippen LogP contribution is 2.36. The average Bonchev–Trinajstić information content (AvgIpc) is 3.55. The SMILES string of the molecule is COc1ccccc1C(=O)NCc1ccc(-c2ccc(CNC(=O)c3cccnc3Oc3ccc4c(c3)OCO4)cc2)c(F)c1. The van der Waals surface area contributed by atoms with Gasteiger partial charge >= 0.3 is 0 Å². The van der Waals surface area contributed by atoms with Crippen LogP contribution in [0.25, 0.3) is 11.1 Å². The monoisotopic (exact) mass is 605 g/mol. The van der Waals surface area contributed by atoms with Crippen molar-refractivity contribution < 1.29 is 32.9 Å². The van der Waals surface area contributed by atoms with Gasteiger partial charge in [0.25, 0.3) is 11.8 Å². The summed E-state index contributed by atoms with van der Waals surface area (Å²) in [6.45, 7) is 0.545. The Morgan fingerprint density at radius 2 is 1.51 bits per heavy atom. The Kier molecular flexibility index (Phi) is 8.54. The van der Waals surface area contributed by atoms with Crippen molar-refractivity contribution in [2.24, 2.45) is 0 Å². The van der Waals surface area contributed by atoms with Gasteiger partial charge in [-0.25, -0.2) is 9.37 Å². The summed E-state index contributed by atoms with van der Waals surface area (Å²) in [7, 11) is 1.50. The summed E-state index contributed by atoms with van der Waals surface area (Å²) >= 11 is 0. The summed E-state index contributed by atoms with van der Waals surface area (Å²) in [4.78, 5) is 29.8. The number of nitrogens with one attached hydrogen (secondary N) is 2. The second-order valence-electron chi connectivity index (χ2n) is 10.1. The Hall–Kier alpha value is -5.90. The van der Waals surface area contributed by atoms with Crippen molar-refractivity contribution in [2.75, 3.05) is 13.9 Å². The normalized spacial score (nSPS) is 11.5. The minimum absolute atomic E-state index is 0.144. The number of fused-ring (bicyclic) bond motifs is 1. The molecule has 10 heteroatoms. The molecule has 2 amide bonds. The molecular weight excluding hydrogens is 577 g/mol. The number of ether oxygens (including phenoxy) is 4. The van der Waals surface area contributed by atoms with Gasteiger partial charge in [-0.3, -0.25) is 9.59 Å². The second kappa shape index (κ2) is 13.2. The predicted octanol–water partition coefficient (Wildman–Crippen LogP) is 6.28. The van der Waals surface area contributed by atoms with Gasteiger partial charge in [-0.05, 0) is 59.2 Å². The molecule has 0 saturated carbocycles. The Labute approximate surface area is 258 Å². The Balaban J connectivity index is 1.06. The zero-order valence-electron chi connectivity index (χ0n) is 24.2. The molecule has 0 unspecified atom stereocenters. The van der Waals surface area contributed by atoms with Crippen molar-refractivity contribution in [3.8, 4) is 40.0 Å². The van der Waals surface area contributed by atoms with Crippen LogP contribution in [0.2, 0.25) is 0 Å². The summed E-state index contributed by atoms with van der Waals surface area (Å²) in [5.74, 6) is 1.18. The zero-order valence-corrected chi connectivity index (χ0v) is 24.2. The van der Waals surface area contributed by atoms with Crippen molar-refractivity contribution in [1.29, 1.82) is 0 Å². The van der Waals surface area contributed by atoms with Crippen LogP contribution in [-0.2, 0) is 13.1 Å². The Morgan fingerprint density at radius 3 is 2.31 bits per heavy atom. The number of hydrogen-bond acceptors (Lipinski definition) is 7. The lowest BCUT2D eigenvalue weighted by Crippen LogP contribution is -2.23. The standard InChI is InChI=1S/C35H28FN3O6/c1-42-30-7-3-2-5-27(30)33(40)39-20-23-10-14-26(29(36)17-23)24-11-8-22(9-12-24)19-38-34(41)28-6-4-16-37-35(28)45-25-13-15-31-32(18-25)44-21-43-31/h2-18H,19-21H2,1H3,(H,38,41)(H,39,40). The van der Waals surface area contributed by atoms with Gasteiger partial charge < -0.3 is 29.6 Å². The Morgan fingerprint density at radius 1 is 0.800 bits per heavy atom. The number of amides is 2. The number of benzene rings is 4. The molecular formula is C35H28FN3O6. The minimum atomic E-state index is -0.410. The van der Waals surface area contributed by atoms with Gasteiger partial charge in [0, 0.05) is 30.9 Å². The maximum Gasteiger partial charge on any atom is 0.257 e. The fourth-order valence-corrected chi connectivity index (χ4v) is 4.79. The van der Waals surface area contributed by atoms with Crippen LogP contribution in [0.4, 0.5) is 4.39 Å². The topological polar surface area (TPSA) is 108 Å². The number of hydrogen-bond donors (Lipinski definition) is 2. The Bertz CT molecular complexity index is 1860. The number of aromatic nitrogens is 1. The number of carbonyl (C=O) groups is 2. The van der Waals surface area contributed by atoms with E-state index in [0.717, 1.165) is 5.56 Å². The smallest absolute Gasteiger partial charge is 0.257 e. The maximum absolute atomic E-state index is 15.1. The number of para-hydroxylation sites is 1. The lowest BCUT2D eigenvalue weighted by Gasteiger charge is -2.12. The van der Waals surface area contributed by atoms with Crippen molar-refractivity contribution in [1.82, 2.24) is 15.6 Å². The van der Waals surface area contributed by atoms with Crippen LogP contribution in [0, 0.1) is 5.82 Å². The summed E-state index contributed by atoms with van der Waals surface area (Å²) in [5, 5.41) is 5.68. The highest BCUT2D eigenvalue weighted by atomic mass is 19.1. The molecule has 0 saturated heterocycles. The number of pyridine rings is 1. The number of rotatable bonds is 10. The molecule has 0 aliphatic carbocycles. The molecule has 4 aromatic carbocycles. The first kappa shape index (κ1) is 29.2. The van der Waals surface area contributed by atoms with Gasteiger partial charge in [0.2, 0.25) is 12.7 Å². The van der Waals surface area contributed by atoms with Crippen LogP contribution in [0.1, 0.15) is 31.8 Å². The molecule has 0 atom stereocenters. The lowest BCUT2D eigenvalue weighted by atomic mass is 10.0.